The number of quaternary nitrogens is 1. The van der Waals surface area contributed by atoms with Crippen LogP contribution in [0.25, 0.3) is 0 Å². The standard InChI is InChI=1S/C9H20N/c1-8-6-9(2,3)10(4,5)7-8/h8H,6-7H2,1-5H3/q+1. The molecule has 0 saturated carbocycles. The van der Waals surface area contributed by atoms with Gasteiger partial charge in [-0.05, 0) is 13.8 Å². The number of nitrogens with zero attached hydrogens (tertiary/aromatic N) is 1. The van der Waals surface area contributed by atoms with Gasteiger partial charge in [0, 0.05) is 12.3 Å². The fourth-order valence-corrected chi connectivity index (χ4v) is 2.19. The largest absolute Gasteiger partial charge is 0.324 e. The second-order valence-corrected chi connectivity index (χ2v) is 4.99. The van der Waals surface area contributed by atoms with E-state index < -0.39 is 0 Å². The molecule has 1 heterocycles. The van der Waals surface area contributed by atoms with E-state index in [9.17, 15) is 0 Å². The molecular formula is C9H20N+. The van der Waals surface area contributed by atoms with Gasteiger partial charge in [-0.2, -0.15) is 0 Å². The summed E-state index contributed by atoms with van der Waals surface area (Å²) >= 11 is 0. The van der Waals surface area contributed by atoms with Crippen molar-refractivity contribution in [3.63, 3.8) is 0 Å². The van der Waals surface area contributed by atoms with Crippen LogP contribution >= 0.6 is 0 Å². The zero-order valence-corrected chi connectivity index (χ0v) is 7.94. The van der Waals surface area contributed by atoms with Crippen LogP contribution in [0, 0.1) is 5.92 Å². The van der Waals surface area contributed by atoms with Crippen molar-refractivity contribution in [3.8, 4) is 0 Å². The normalized spacial score (nSPS) is 36.3. The quantitative estimate of drug-likeness (QED) is 0.453. The Bertz CT molecular complexity index is 120. The Balaban J connectivity index is 2.78. The van der Waals surface area contributed by atoms with Gasteiger partial charge in [0.2, 0.25) is 0 Å². The Morgan fingerprint density at radius 2 is 1.80 bits per heavy atom. The van der Waals surface area contributed by atoms with Crippen LogP contribution in [-0.2, 0) is 0 Å². The van der Waals surface area contributed by atoms with Crippen LogP contribution in [0.1, 0.15) is 27.2 Å². The van der Waals surface area contributed by atoms with Crippen molar-refractivity contribution in [3.05, 3.63) is 0 Å². The molecule has 1 rings (SSSR count). The zero-order chi connectivity index (χ0) is 7.99. The maximum absolute atomic E-state index is 2.37. The Morgan fingerprint density at radius 1 is 1.30 bits per heavy atom. The van der Waals surface area contributed by atoms with Crippen LogP contribution in [-0.4, -0.2) is 30.7 Å². The van der Waals surface area contributed by atoms with E-state index in [1.165, 1.54) is 17.4 Å². The SMILES string of the molecule is CC1CC(C)(C)[N+](C)(C)C1. The highest BCUT2D eigenvalue weighted by Gasteiger charge is 2.45. The van der Waals surface area contributed by atoms with Crippen LogP contribution in [0.15, 0.2) is 0 Å². The highest BCUT2D eigenvalue weighted by Crippen LogP contribution is 2.35. The van der Waals surface area contributed by atoms with Crippen LogP contribution in [0.4, 0.5) is 0 Å². The molecule has 1 saturated heterocycles. The molecule has 1 aliphatic heterocycles. The molecule has 0 aromatic carbocycles. The van der Waals surface area contributed by atoms with E-state index in [4.69, 9.17) is 0 Å². The summed E-state index contributed by atoms with van der Waals surface area (Å²) in [5, 5.41) is 0. The predicted molar refractivity (Wildman–Crippen MR) is 44.8 cm³/mol. The monoisotopic (exact) mass is 142 g/mol. The van der Waals surface area contributed by atoms with Crippen molar-refractivity contribution >= 4 is 0 Å². The summed E-state index contributed by atoms with van der Waals surface area (Å²) in [5.74, 6) is 0.907. The zero-order valence-electron chi connectivity index (χ0n) is 7.94. The smallest absolute Gasteiger partial charge is 0.0936 e. The molecule has 1 fully saturated rings. The minimum Gasteiger partial charge on any atom is -0.324 e. The first kappa shape index (κ1) is 8.06. The maximum atomic E-state index is 2.37. The number of hydrogen-bond acceptors (Lipinski definition) is 0. The second kappa shape index (κ2) is 1.97. The third kappa shape index (κ3) is 1.07. The molecule has 1 nitrogen and oxygen atoms in total. The molecule has 0 amide bonds. The van der Waals surface area contributed by atoms with E-state index in [0.717, 1.165) is 5.92 Å². The van der Waals surface area contributed by atoms with Gasteiger partial charge in [-0.1, -0.05) is 6.92 Å². The van der Waals surface area contributed by atoms with Crippen LogP contribution in [0.5, 0.6) is 0 Å². The number of rotatable bonds is 0. The molecule has 1 atom stereocenters. The minimum atomic E-state index is 0.499. The Morgan fingerprint density at radius 3 is 1.90 bits per heavy atom. The molecule has 0 radical (unpaired) electrons. The van der Waals surface area contributed by atoms with E-state index in [-0.39, 0.29) is 0 Å². The summed E-state index contributed by atoms with van der Waals surface area (Å²) in [6, 6.07) is 0. The summed E-state index contributed by atoms with van der Waals surface area (Å²) in [4.78, 5) is 0. The van der Waals surface area contributed by atoms with Gasteiger partial charge in [0.25, 0.3) is 0 Å². The molecule has 0 bridgehead atoms. The average molecular weight is 142 g/mol. The van der Waals surface area contributed by atoms with Crippen molar-refractivity contribution < 1.29 is 4.48 Å². The van der Waals surface area contributed by atoms with Gasteiger partial charge < -0.3 is 4.48 Å². The Labute approximate surface area is 64.6 Å². The van der Waals surface area contributed by atoms with Gasteiger partial charge in [-0.3, -0.25) is 0 Å². The third-order valence-electron chi connectivity index (χ3n) is 3.25. The molecule has 0 spiro atoms. The molecule has 0 N–H and O–H groups in total. The molecule has 1 unspecified atom stereocenters. The first-order valence-electron chi connectivity index (χ1n) is 4.18. The van der Waals surface area contributed by atoms with Crippen LogP contribution in [0.3, 0.4) is 0 Å². The summed E-state index contributed by atoms with van der Waals surface area (Å²) < 4.78 is 1.19. The molecular weight excluding hydrogens is 122 g/mol. The van der Waals surface area contributed by atoms with Crippen molar-refractivity contribution in [1.82, 2.24) is 0 Å². The van der Waals surface area contributed by atoms with E-state index in [1.54, 1.807) is 0 Å². The van der Waals surface area contributed by atoms with E-state index in [2.05, 4.69) is 34.9 Å². The van der Waals surface area contributed by atoms with E-state index in [1.807, 2.05) is 0 Å². The highest BCUT2D eigenvalue weighted by molar-refractivity contribution is 4.79. The van der Waals surface area contributed by atoms with E-state index >= 15 is 0 Å². The topological polar surface area (TPSA) is 0 Å². The second-order valence-electron chi connectivity index (χ2n) is 4.99. The highest BCUT2D eigenvalue weighted by atomic mass is 15.4. The first-order valence-corrected chi connectivity index (χ1v) is 4.18. The van der Waals surface area contributed by atoms with Crippen LogP contribution < -0.4 is 0 Å². The predicted octanol–water partition coefficient (Wildman–Crippen LogP) is 1.88. The molecule has 0 aliphatic carbocycles. The number of hydrogen-bond donors (Lipinski definition) is 0. The molecule has 10 heavy (non-hydrogen) atoms. The lowest BCUT2D eigenvalue weighted by Gasteiger charge is -2.38. The Hall–Kier alpha value is -0.0400. The molecule has 1 heteroatoms. The van der Waals surface area contributed by atoms with E-state index in [0.29, 0.717) is 5.54 Å². The Kier molecular flexibility index (Phi) is 1.59. The van der Waals surface area contributed by atoms with Crippen LogP contribution in [0.2, 0.25) is 0 Å². The van der Waals surface area contributed by atoms with Gasteiger partial charge in [-0.25, -0.2) is 0 Å². The lowest BCUT2D eigenvalue weighted by Crippen LogP contribution is -2.51. The first-order chi connectivity index (χ1) is 4.35. The van der Waals surface area contributed by atoms with Gasteiger partial charge in [0.15, 0.2) is 0 Å². The molecule has 1 aliphatic rings. The van der Waals surface area contributed by atoms with Gasteiger partial charge in [0.1, 0.15) is 0 Å². The summed E-state index contributed by atoms with van der Waals surface area (Å²) in [5.41, 5.74) is 0.499. The maximum Gasteiger partial charge on any atom is 0.0936 e. The molecule has 0 aromatic heterocycles. The van der Waals surface area contributed by atoms with Crippen molar-refractivity contribution in [2.24, 2.45) is 5.92 Å². The molecule has 60 valence electrons. The average Bonchev–Trinajstić information content (AvgIpc) is 1.73. The fourth-order valence-electron chi connectivity index (χ4n) is 2.19. The molecule has 0 aromatic rings. The fraction of sp³-hybridized carbons (Fsp3) is 1.00. The van der Waals surface area contributed by atoms with Crippen molar-refractivity contribution in [1.29, 1.82) is 0 Å². The van der Waals surface area contributed by atoms with Crippen molar-refractivity contribution in [2.45, 2.75) is 32.7 Å². The van der Waals surface area contributed by atoms with Gasteiger partial charge in [0.05, 0.1) is 26.2 Å². The summed E-state index contributed by atoms with van der Waals surface area (Å²) in [7, 11) is 4.67. The minimum absolute atomic E-state index is 0.499. The van der Waals surface area contributed by atoms with Gasteiger partial charge in [-0.15, -0.1) is 0 Å². The summed E-state index contributed by atoms with van der Waals surface area (Å²) in [6.45, 7) is 8.44. The summed E-state index contributed by atoms with van der Waals surface area (Å²) in [6.07, 6.45) is 1.38. The van der Waals surface area contributed by atoms with Crippen molar-refractivity contribution in [2.75, 3.05) is 20.6 Å². The van der Waals surface area contributed by atoms with Gasteiger partial charge >= 0.3 is 0 Å². The lowest BCUT2D eigenvalue weighted by molar-refractivity contribution is -0.925. The number of likely N-dealkylation sites (tertiary alicyclic amines) is 1. The lowest BCUT2D eigenvalue weighted by atomic mass is 9.97. The third-order valence-corrected chi connectivity index (χ3v) is 3.25.